The molecule has 1 aromatic heterocycles. The Labute approximate surface area is 106 Å². The number of nitrogens with one attached hydrogen (secondary N) is 1. The first kappa shape index (κ1) is 11.9. The predicted molar refractivity (Wildman–Crippen MR) is 68.5 cm³/mol. The Bertz CT molecular complexity index is 502. The van der Waals surface area contributed by atoms with Gasteiger partial charge in [-0.25, -0.2) is 0 Å². The number of fused-ring (bicyclic) bond motifs is 1. The lowest BCUT2D eigenvalue weighted by Gasteiger charge is -2.06. The normalized spacial score (nSPS) is 12.7. The van der Waals surface area contributed by atoms with Crippen molar-refractivity contribution < 1.29 is 4.74 Å². The standard InChI is InChI=1S/C13H12N2O.ClH/c1-2-13(7-11-9-15-8-10(1)11)16-12-3-5-14-6-4-12;/h1-7,15H,8-9H2;1H. The molecule has 88 valence electrons. The Kier molecular flexibility index (Phi) is 3.61. The Morgan fingerprint density at radius 1 is 0.941 bits per heavy atom. The summed E-state index contributed by atoms with van der Waals surface area (Å²) in [6.45, 7) is 1.90. The average Bonchev–Trinajstić information content (AvgIpc) is 2.77. The monoisotopic (exact) mass is 248 g/mol. The van der Waals surface area contributed by atoms with Crippen LogP contribution in [0.25, 0.3) is 0 Å². The highest BCUT2D eigenvalue weighted by Crippen LogP contribution is 2.25. The molecule has 3 rings (SSSR count). The first-order valence-corrected chi connectivity index (χ1v) is 5.32. The summed E-state index contributed by atoms with van der Waals surface area (Å²) in [6, 6.07) is 9.92. The third kappa shape index (κ3) is 2.57. The summed E-state index contributed by atoms with van der Waals surface area (Å²) in [5.74, 6) is 1.70. The van der Waals surface area contributed by atoms with Crippen LogP contribution in [0.3, 0.4) is 0 Å². The van der Waals surface area contributed by atoms with Crippen molar-refractivity contribution in [2.45, 2.75) is 13.1 Å². The first-order chi connectivity index (χ1) is 7.92. The van der Waals surface area contributed by atoms with Crippen molar-refractivity contribution >= 4 is 12.4 Å². The molecule has 2 aromatic rings. The molecule has 4 heteroatoms. The Hall–Kier alpha value is -1.58. The highest BCUT2D eigenvalue weighted by atomic mass is 35.5. The maximum atomic E-state index is 5.74. The van der Waals surface area contributed by atoms with Gasteiger partial charge in [-0.2, -0.15) is 0 Å². The van der Waals surface area contributed by atoms with E-state index in [9.17, 15) is 0 Å². The molecule has 0 spiro atoms. The number of hydrogen-bond acceptors (Lipinski definition) is 3. The topological polar surface area (TPSA) is 34.1 Å². The largest absolute Gasteiger partial charge is 0.457 e. The molecule has 1 N–H and O–H groups in total. The van der Waals surface area contributed by atoms with Crippen molar-refractivity contribution in [3.8, 4) is 11.5 Å². The second kappa shape index (κ2) is 5.17. The molecule has 0 amide bonds. The maximum Gasteiger partial charge on any atom is 0.130 e. The smallest absolute Gasteiger partial charge is 0.130 e. The lowest BCUT2D eigenvalue weighted by atomic mass is 10.1. The molecule has 2 heterocycles. The van der Waals surface area contributed by atoms with Gasteiger partial charge in [-0.05, 0) is 35.4 Å². The number of rotatable bonds is 2. The highest BCUT2D eigenvalue weighted by molar-refractivity contribution is 5.85. The zero-order valence-electron chi connectivity index (χ0n) is 9.22. The van der Waals surface area contributed by atoms with Crippen LogP contribution in [-0.4, -0.2) is 4.98 Å². The second-order valence-electron chi connectivity index (χ2n) is 3.82. The molecule has 0 aliphatic carbocycles. The molecule has 1 aliphatic heterocycles. The fraction of sp³-hybridized carbons (Fsp3) is 0.154. The van der Waals surface area contributed by atoms with Crippen molar-refractivity contribution in [2.24, 2.45) is 0 Å². The van der Waals surface area contributed by atoms with Crippen molar-refractivity contribution in [1.29, 1.82) is 0 Å². The van der Waals surface area contributed by atoms with Crippen LogP contribution in [0.15, 0.2) is 42.7 Å². The fourth-order valence-corrected chi connectivity index (χ4v) is 1.88. The number of ether oxygens (including phenoxy) is 1. The summed E-state index contributed by atoms with van der Waals surface area (Å²) in [5.41, 5.74) is 2.69. The second-order valence-corrected chi connectivity index (χ2v) is 3.82. The summed E-state index contributed by atoms with van der Waals surface area (Å²) < 4.78 is 5.74. The van der Waals surface area contributed by atoms with Crippen molar-refractivity contribution in [2.75, 3.05) is 0 Å². The summed E-state index contributed by atoms with van der Waals surface area (Å²) in [6.07, 6.45) is 3.45. The van der Waals surface area contributed by atoms with E-state index in [2.05, 4.69) is 22.4 Å². The van der Waals surface area contributed by atoms with E-state index >= 15 is 0 Å². The highest BCUT2D eigenvalue weighted by Gasteiger charge is 2.10. The Morgan fingerprint density at radius 3 is 2.53 bits per heavy atom. The van der Waals surface area contributed by atoms with Gasteiger partial charge in [0.2, 0.25) is 0 Å². The average molecular weight is 249 g/mol. The van der Waals surface area contributed by atoms with E-state index in [-0.39, 0.29) is 12.4 Å². The van der Waals surface area contributed by atoms with E-state index in [1.54, 1.807) is 12.4 Å². The predicted octanol–water partition coefficient (Wildman–Crippen LogP) is 2.90. The van der Waals surface area contributed by atoms with Gasteiger partial charge < -0.3 is 10.1 Å². The van der Waals surface area contributed by atoms with Crippen molar-refractivity contribution in [1.82, 2.24) is 10.3 Å². The van der Waals surface area contributed by atoms with E-state index in [0.29, 0.717) is 0 Å². The van der Waals surface area contributed by atoms with Crippen molar-refractivity contribution in [3.05, 3.63) is 53.9 Å². The number of benzene rings is 1. The molecule has 0 bridgehead atoms. The molecule has 0 unspecified atom stereocenters. The molecular formula is C13H13ClN2O. The molecule has 0 atom stereocenters. The molecule has 1 aliphatic rings. The molecule has 1 aromatic carbocycles. The van der Waals surface area contributed by atoms with Gasteiger partial charge in [0.15, 0.2) is 0 Å². The Morgan fingerprint density at radius 2 is 1.71 bits per heavy atom. The summed E-state index contributed by atoms with van der Waals surface area (Å²) >= 11 is 0. The zero-order chi connectivity index (χ0) is 10.8. The number of halogens is 1. The first-order valence-electron chi connectivity index (χ1n) is 5.32. The van der Waals surface area contributed by atoms with Crippen molar-refractivity contribution in [3.63, 3.8) is 0 Å². The molecule has 17 heavy (non-hydrogen) atoms. The van der Waals surface area contributed by atoms with Crippen LogP contribution in [-0.2, 0) is 13.1 Å². The summed E-state index contributed by atoms with van der Waals surface area (Å²) in [7, 11) is 0. The van der Waals surface area contributed by atoms with E-state index in [1.165, 1.54) is 11.1 Å². The fourth-order valence-electron chi connectivity index (χ4n) is 1.88. The van der Waals surface area contributed by atoms with E-state index in [1.807, 2.05) is 18.2 Å². The number of pyridine rings is 1. The van der Waals surface area contributed by atoms with Crippen LogP contribution in [0.5, 0.6) is 11.5 Å². The maximum absolute atomic E-state index is 5.74. The third-order valence-electron chi connectivity index (χ3n) is 2.69. The number of hydrogen-bond donors (Lipinski definition) is 1. The third-order valence-corrected chi connectivity index (χ3v) is 2.69. The molecule has 0 saturated heterocycles. The van der Waals surface area contributed by atoms with Gasteiger partial charge in [-0.1, -0.05) is 6.07 Å². The summed E-state index contributed by atoms with van der Waals surface area (Å²) in [5, 5.41) is 3.31. The lowest BCUT2D eigenvalue weighted by Crippen LogP contribution is -1.99. The van der Waals surface area contributed by atoms with Gasteiger partial charge in [0.25, 0.3) is 0 Å². The minimum atomic E-state index is 0. The van der Waals surface area contributed by atoms with Gasteiger partial charge in [-0.15, -0.1) is 12.4 Å². The minimum Gasteiger partial charge on any atom is -0.457 e. The van der Waals surface area contributed by atoms with Gasteiger partial charge in [0.05, 0.1) is 0 Å². The SMILES string of the molecule is Cl.c1cc(Oc2ccc3c(c2)CNC3)ccn1. The molecule has 3 nitrogen and oxygen atoms in total. The minimum absolute atomic E-state index is 0. The molecule has 0 radical (unpaired) electrons. The van der Waals surface area contributed by atoms with Crippen LogP contribution in [0, 0.1) is 0 Å². The van der Waals surface area contributed by atoms with Crippen LogP contribution in [0.2, 0.25) is 0 Å². The van der Waals surface area contributed by atoms with Crippen LogP contribution in [0.4, 0.5) is 0 Å². The summed E-state index contributed by atoms with van der Waals surface area (Å²) in [4.78, 5) is 3.95. The zero-order valence-corrected chi connectivity index (χ0v) is 10.0. The quantitative estimate of drug-likeness (QED) is 0.887. The molecule has 0 saturated carbocycles. The van der Waals surface area contributed by atoms with E-state index < -0.39 is 0 Å². The van der Waals surface area contributed by atoms with Crippen LogP contribution in [0.1, 0.15) is 11.1 Å². The Balaban J connectivity index is 0.00000108. The van der Waals surface area contributed by atoms with Gasteiger partial charge >= 0.3 is 0 Å². The van der Waals surface area contributed by atoms with Gasteiger partial charge in [0, 0.05) is 25.5 Å². The van der Waals surface area contributed by atoms with Gasteiger partial charge in [0.1, 0.15) is 11.5 Å². The van der Waals surface area contributed by atoms with E-state index in [0.717, 1.165) is 24.6 Å². The molecule has 0 fully saturated rings. The number of nitrogens with zero attached hydrogens (tertiary/aromatic N) is 1. The van der Waals surface area contributed by atoms with Gasteiger partial charge in [-0.3, -0.25) is 4.98 Å². The van der Waals surface area contributed by atoms with Crippen LogP contribution >= 0.6 is 12.4 Å². The van der Waals surface area contributed by atoms with Crippen LogP contribution < -0.4 is 10.1 Å². The molecular weight excluding hydrogens is 236 g/mol. The van der Waals surface area contributed by atoms with E-state index in [4.69, 9.17) is 4.74 Å². The lowest BCUT2D eigenvalue weighted by molar-refractivity contribution is 0.481. The number of aromatic nitrogens is 1.